The maximum atomic E-state index is 13.2. The van der Waals surface area contributed by atoms with Crippen LogP contribution in [0.2, 0.25) is 0 Å². The van der Waals surface area contributed by atoms with Crippen molar-refractivity contribution < 1.29 is 13.7 Å². The maximum absolute atomic E-state index is 13.2. The molecule has 0 spiro atoms. The molecule has 0 saturated carbocycles. The molecular weight excluding hydrogens is 407 g/mol. The zero-order valence-electron chi connectivity index (χ0n) is 18.6. The van der Waals surface area contributed by atoms with Gasteiger partial charge in [-0.25, -0.2) is 4.39 Å². The molecule has 6 nitrogen and oxygen atoms in total. The molecule has 1 aliphatic heterocycles. The number of anilines is 1. The van der Waals surface area contributed by atoms with Crippen molar-refractivity contribution in [1.29, 1.82) is 0 Å². The Morgan fingerprint density at radius 1 is 1.03 bits per heavy atom. The van der Waals surface area contributed by atoms with Gasteiger partial charge < -0.3 is 14.3 Å². The number of aromatic nitrogens is 2. The Balaban J connectivity index is 1.29. The van der Waals surface area contributed by atoms with Gasteiger partial charge in [-0.15, -0.1) is 0 Å². The van der Waals surface area contributed by atoms with E-state index in [0.717, 1.165) is 30.8 Å². The van der Waals surface area contributed by atoms with Gasteiger partial charge in [0.1, 0.15) is 5.82 Å². The van der Waals surface area contributed by atoms with Crippen LogP contribution in [0.25, 0.3) is 11.4 Å². The summed E-state index contributed by atoms with van der Waals surface area (Å²) < 4.78 is 18.6. The van der Waals surface area contributed by atoms with Crippen molar-refractivity contribution in [3.05, 3.63) is 65.8 Å². The topological polar surface area (TPSA) is 62.5 Å². The van der Waals surface area contributed by atoms with Gasteiger partial charge in [0.25, 0.3) is 0 Å². The third-order valence-corrected chi connectivity index (χ3v) is 5.90. The molecule has 168 valence electrons. The second-order valence-electron chi connectivity index (χ2n) is 8.49. The first-order chi connectivity index (χ1) is 15.5. The van der Waals surface area contributed by atoms with E-state index in [-0.39, 0.29) is 11.7 Å². The fourth-order valence-corrected chi connectivity index (χ4v) is 3.94. The first-order valence-corrected chi connectivity index (χ1v) is 11.2. The van der Waals surface area contributed by atoms with E-state index in [2.05, 4.69) is 41.0 Å². The Bertz CT molecular complexity index is 1030. The number of rotatable bonds is 6. The van der Waals surface area contributed by atoms with Crippen molar-refractivity contribution in [3.8, 4) is 11.4 Å². The van der Waals surface area contributed by atoms with Crippen molar-refractivity contribution in [1.82, 2.24) is 15.0 Å². The van der Waals surface area contributed by atoms with Crippen LogP contribution in [0.3, 0.4) is 0 Å². The Hall–Kier alpha value is -3.22. The number of hydrogen-bond acceptors (Lipinski definition) is 5. The minimum atomic E-state index is -0.239. The number of halogens is 1. The molecule has 4 rings (SSSR count). The van der Waals surface area contributed by atoms with Gasteiger partial charge in [-0.3, -0.25) is 4.79 Å². The molecule has 7 heteroatoms. The van der Waals surface area contributed by atoms with Crippen LogP contribution in [-0.4, -0.2) is 47.1 Å². The summed E-state index contributed by atoms with van der Waals surface area (Å²) in [7, 11) is 0. The number of hydrogen-bond donors (Lipinski definition) is 0. The van der Waals surface area contributed by atoms with Gasteiger partial charge in [0.15, 0.2) is 0 Å². The van der Waals surface area contributed by atoms with E-state index >= 15 is 0 Å². The molecule has 32 heavy (non-hydrogen) atoms. The fraction of sp³-hybridized carbons (Fsp3) is 0.400. The fourth-order valence-electron chi connectivity index (χ4n) is 3.94. The number of carbonyl (C=O) groups is 1. The van der Waals surface area contributed by atoms with E-state index in [9.17, 15) is 9.18 Å². The number of benzene rings is 2. The molecule has 0 unspecified atom stereocenters. The van der Waals surface area contributed by atoms with E-state index in [0.29, 0.717) is 43.6 Å². The average Bonchev–Trinajstić information content (AvgIpc) is 3.14. The smallest absolute Gasteiger partial charge is 0.227 e. The Morgan fingerprint density at radius 2 is 1.78 bits per heavy atom. The van der Waals surface area contributed by atoms with Crippen molar-refractivity contribution in [2.75, 3.05) is 31.1 Å². The lowest BCUT2D eigenvalue weighted by atomic mass is 10.0. The van der Waals surface area contributed by atoms with Gasteiger partial charge in [0.2, 0.25) is 17.6 Å². The van der Waals surface area contributed by atoms with E-state index in [4.69, 9.17) is 4.52 Å². The molecule has 2 aromatic carbocycles. The number of aryl methyl sites for hydroxylation is 1. The SMILES string of the molecule is CC(C)c1ccc(-c2noc(CCC(=O)N3CCCN(c4ccc(F)cc4)CC3)n2)cc1. The standard InChI is InChI=1S/C25H29FN4O2/c1-18(2)19-4-6-20(7-5-19)25-27-23(32-28-25)12-13-24(31)30-15-3-14-29(16-17-30)22-10-8-21(26)9-11-22/h4-11,18H,3,12-17H2,1-2H3. The van der Waals surface area contributed by atoms with Gasteiger partial charge in [-0.2, -0.15) is 4.98 Å². The highest BCUT2D eigenvalue weighted by Gasteiger charge is 2.20. The lowest BCUT2D eigenvalue weighted by Crippen LogP contribution is -2.35. The van der Waals surface area contributed by atoms with Crippen LogP contribution in [0.1, 0.15) is 44.1 Å². The molecule has 0 N–H and O–H groups in total. The van der Waals surface area contributed by atoms with Gasteiger partial charge >= 0.3 is 0 Å². The van der Waals surface area contributed by atoms with Gasteiger partial charge in [0, 0.05) is 50.3 Å². The highest BCUT2D eigenvalue weighted by molar-refractivity contribution is 5.76. The maximum Gasteiger partial charge on any atom is 0.227 e. The first-order valence-electron chi connectivity index (χ1n) is 11.2. The second kappa shape index (κ2) is 9.94. The first kappa shape index (κ1) is 22.0. The summed E-state index contributed by atoms with van der Waals surface area (Å²) >= 11 is 0. The molecule has 2 heterocycles. The van der Waals surface area contributed by atoms with Crippen LogP contribution < -0.4 is 4.90 Å². The predicted octanol–water partition coefficient (Wildman–Crippen LogP) is 4.67. The summed E-state index contributed by atoms with van der Waals surface area (Å²) in [5, 5.41) is 4.07. The van der Waals surface area contributed by atoms with Crippen LogP contribution in [-0.2, 0) is 11.2 Å². The van der Waals surface area contributed by atoms with Crippen molar-refractivity contribution >= 4 is 11.6 Å². The summed E-state index contributed by atoms with van der Waals surface area (Å²) in [6.45, 7) is 7.25. The Kier molecular flexibility index (Phi) is 6.83. The van der Waals surface area contributed by atoms with Crippen LogP contribution in [0.5, 0.6) is 0 Å². The van der Waals surface area contributed by atoms with Gasteiger partial charge in [0.05, 0.1) is 0 Å². The van der Waals surface area contributed by atoms with E-state index < -0.39 is 0 Å². The minimum absolute atomic E-state index is 0.0898. The van der Waals surface area contributed by atoms with Crippen LogP contribution in [0, 0.1) is 5.82 Å². The third kappa shape index (κ3) is 5.33. The van der Waals surface area contributed by atoms with E-state index in [1.54, 1.807) is 12.1 Å². The molecule has 0 aliphatic carbocycles. The van der Waals surface area contributed by atoms with Crippen LogP contribution in [0.15, 0.2) is 53.1 Å². The normalized spacial score (nSPS) is 14.6. The average molecular weight is 437 g/mol. The molecule has 3 aromatic rings. The molecule has 1 aromatic heterocycles. The Morgan fingerprint density at radius 3 is 2.50 bits per heavy atom. The summed E-state index contributed by atoms with van der Waals surface area (Å²) in [6, 6.07) is 14.7. The highest BCUT2D eigenvalue weighted by atomic mass is 19.1. The molecule has 1 aliphatic rings. The van der Waals surface area contributed by atoms with E-state index in [1.165, 1.54) is 17.7 Å². The van der Waals surface area contributed by atoms with Crippen LogP contribution in [0.4, 0.5) is 10.1 Å². The second-order valence-corrected chi connectivity index (χ2v) is 8.49. The molecule has 0 bridgehead atoms. The summed E-state index contributed by atoms with van der Waals surface area (Å²) in [6.07, 6.45) is 1.64. The lowest BCUT2D eigenvalue weighted by molar-refractivity contribution is -0.131. The molecule has 1 saturated heterocycles. The largest absolute Gasteiger partial charge is 0.370 e. The zero-order valence-corrected chi connectivity index (χ0v) is 18.6. The summed E-state index contributed by atoms with van der Waals surface area (Å²) in [5.74, 6) is 1.35. The molecule has 1 amide bonds. The van der Waals surface area contributed by atoms with Gasteiger partial charge in [-0.05, 0) is 42.2 Å². The lowest BCUT2D eigenvalue weighted by Gasteiger charge is -2.23. The molecule has 0 atom stereocenters. The monoisotopic (exact) mass is 436 g/mol. The van der Waals surface area contributed by atoms with Crippen LogP contribution >= 0.6 is 0 Å². The number of amides is 1. The summed E-state index contributed by atoms with van der Waals surface area (Å²) in [5.41, 5.74) is 3.16. The molecule has 0 radical (unpaired) electrons. The minimum Gasteiger partial charge on any atom is -0.370 e. The zero-order chi connectivity index (χ0) is 22.5. The summed E-state index contributed by atoms with van der Waals surface area (Å²) in [4.78, 5) is 21.3. The third-order valence-electron chi connectivity index (χ3n) is 5.90. The highest BCUT2D eigenvalue weighted by Crippen LogP contribution is 2.21. The molecular formula is C25H29FN4O2. The predicted molar refractivity (Wildman–Crippen MR) is 122 cm³/mol. The van der Waals surface area contributed by atoms with Gasteiger partial charge in [-0.1, -0.05) is 43.3 Å². The Labute approximate surface area is 188 Å². The molecule has 1 fully saturated rings. The number of nitrogens with zero attached hydrogens (tertiary/aromatic N) is 4. The van der Waals surface area contributed by atoms with Crippen molar-refractivity contribution in [2.24, 2.45) is 0 Å². The quantitative estimate of drug-likeness (QED) is 0.562. The van der Waals surface area contributed by atoms with Crippen molar-refractivity contribution in [3.63, 3.8) is 0 Å². The number of carbonyl (C=O) groups excluding carboxylic acids is 1. The van der Waals surface area contributed by atoms with E-state index in [1.807, 2.05) is 17.0 Å². The van der Waals surface area contributed by atoms with Crippen molar-refractivity contribution in [2.45, 2.75) is 39.0 Å².